The van der Waals surface area contributed by atoms with Gasteiger partial charge in [-0.05, 0) is 48.9 Å². The second-order valence-corrected chi connectivity index (χ2v) is 8.98. The van der Waals surface area contributed by atoms with E-state index < -0.39 is 11.1 Å². The first-order chi connectivity index (χ1) is 18.8. The van der Waals surface area contributed by atoms with Crippen molar-refractivity contribution in [3.8, 4) is 17.1 Å². The standard InChI is InChI=1S/C26H29N5O8/c1-4-21-20(16-11-12-37-19(13-16)14-24(32)36-3)9-10-22(27-21)25-23(30(2)29-28-25)15-38-26(33)39-18-7-5-17(6-8-18)31(34)35/h5-10,16,19H,4,11-15H2,1-3H3. The summed E-state index contributed by atoms with van der Waals surface area (Å²) in [4.78, 5) is 39.0. The average Bonchev–Trinajstić information content (AvgIpc) is 3.31. The van der Waals surface area contributed by atoms with Crippen LogP contribution in [0.5, 0.6) is 5.75 Å². The van der Waals surface area contributed by atoms with E-state index in [1.807, 2.05) is 19.1 Å². The lowest BCUT2D eigenvalue weighted by Crippen LogP contribution is -2.28. The van der Waals surface area contributed by atoms with Crippen molar-refractivity contribution in [1.82, 2.24) is 20.0 Å². The minimum atomic E-state index is -0.977. The fourth-order valence-corrected chi connectivity index (χ4v) is 4.50. The summed E-state index contributed by atoms with van der Waals surface area (Å²) in [5.41, 5.74) is 3.46. The van der Waals surface area contributed by atoms with Crippen molar-refractivity contribution in [3.05, 3.63) is 63.5 Å². The number of benzene rings is 1. The number of ether oxygens (including phenoxy) is 4. The van der Waals surface area contributed by atoms with Crippen LogP contribution >= 0.6 is 0 Å². The van der Waals surface area contributed by atoms with E-state index in [9.17, 15) is 19.7 Å². The van der Waals surface area contributed by atoms with Gasteiger partial charge < -0.3 is 18.9 Å². The summed E-state index contributed by atoms with van der Waals surface area (Å²) < 4.78 is 22.4. The Labute approximate surface area is 224 Å². The van der Waals surface area contributed by atoms with Crippen molar-refractivity contribution >= 4 is 17.8 Å². The molecule has 0 spiro atoms. The van der Waals surface area contributed by atoms with Crippen LogP contribution in [0.1, 0.15) is 49.1 Å². The summed E-state index contributed by atoms with van der Waals surface area (Å²) in [6, 6.07) is 8.96. The fourth-order valence-electron chi connectivity index (χ4n) is 4.50. The summed E-state index contributed by atoms with van der Waals surface area (Å²) in [6.07, 6.45) is 1.26. The van der Waals surface area contributed by atoms with Crippen LogP contribution in [0.2, 0.25) is 0 Å². The number of carbonyl (C=O) groups excluding carboxylic acids is 2. The number of nitro benzene ring substituents is 1. The van der Waals surface area contributed by atoms with Gasteiger partial charge in [-0.2, -0.15) is 0 Å². The number of nitrogens with zero attached hydrogens (tertiary/aromatic N) is 5. The molecule has 13 nitrogen and oxygen atoms in total. The number of nitro groups is 1. The van der Waals surface area contributed by atoms with Crippen molar-refractivity contribution in [2.75, 3.05) is 13.7 Å². The van der Waals surface area contributed by atoms with Crippen LogP contribution in [0.25, 0.3) is 11.4 Å². The molecule has 3 heterocycles. The molecule has 0 N–H and O–H groups in total. The Morgan fingerprint density at radius 2 is 1.97 bits per heavy atom. The lowest BCUT2D eigenvalue weighted by molar-refractivity contribution is -0.384. The molecule has 1 saturated heterocycles. The molecule has 39 heavy (non-hydrogen) atoms. The first-order valence-corrected chi connectivity index (χ1v) is 12.4. The lowest BCUT2D eigenvalue weighted by Gasteiger charge is -2.30. The molecule has 2 unspecified atom stereocenters. The van der Waals surface area contributed by atoms with Gasteiger partial charge in [-0.3, -0.25) is 19.9 Å². The van der Waals surface area contributed by atoms with Crippen molar-refractivity contribution < 1.29 is 33.5 Å². The van der Waals surface area contributed by atoms with E-state index in [0.717, 1.165) is 17.7 Å². The van der Waals surface area contributed by atoms with E-state index in [1.165, 1.54) is 36.1 Å². The molecule has 1 aliphatic rings. The SMILES string of the molecule is CCc1nc(-c2nnn(C)c2COC(=O)Oc2ccc([N+](=O)[O-])cc2)ccc1C1CCOC(CC(=O)OC)C1. The highest BCUT2D eigenvalue weighted by atomic mass is 16.7. The zero-order valence-corrected chi connectivity index (χ0v) is 21.9. The molecule has 1 fully saturated rings. The summed E-state index contributed by atoms with van der Waals surface area (Å²) in [5.74, 6) is 0.0170. The molecule has 4 rings (SSSR count). The van der Waals surface area contributed by atoms with Gasteiger partial charge in [0.2, 0.25) is 0 Å². The van der Waals surface area contributed by atoms with Gasteiger partial charge in [-0.25, -0.2) is 9.48 Å². The maximum atomic E-state index is 12.2. The van der Waals surface area contributed by atoms with Crippen LogP contribution in [-0.4, -0.2) is 56.8 Å². The average molecular weight is 540 g/mol. The zero-order chi connectivity index (χ0) is 27.9. The Morgan fingerprint density at radius 1 is 1.21 bits per heavy atom. The van der Waals surface area contributed by atoms with E-state index in [-0.39, 0.29) is 42.5 Å². The first kappa shape index (κ1) is 27.6. The van der Waals surface area contributed by atoms with Gasteiger partial charge in [-0.1, -0.05) is 18.2 Å². The minimum absolute atomic E-state index is 0.112. The van der Waals surface area contributed by atoms with Gasteiger partial charge >= 0.3 is 12.1 Å². The van der Waals surface area contributed by atoms with E-state index >= 15 is 0 Å². The molecule has 13 heteroatoms. The Balaban J connectivity index is 1.45. The van der Waals surface area contributed by atoms with Crippen LogP contribution in [0.3, 0.4) is 0 Å². The third-order valence-electron chi connectivity index (χ3n) is 6.53. The predicted molar refractivity (Wildman–Crippen MR) is 136 cm³/mol. The number of hydrogen-bond donors (Lipinski definition) is 0. The molecular weight excluding hydrogens is 510 g/mol. The Bertz CT molecular complexity index is 1340. The molecule has 0 amide bonds. The zero-order valence-electron chi connectivity index (χ0n) is 21.9. The van der Waals surface area contributed by atoms with Crippen molar-refractivity contribution in [2.45, 2.75) is 51.2 Å². The van der Waals surface area contributed by atoms with Gasteiger partial charge in [-0.15, -0.1) is 5.10 Å². The maximum Gasteiger partial charge on any atom is 0.514 e. The summed E-state index contributed by atoms with van der Waals surface area (Å²) in [7, 11) is 3.05. The Hall–Kier alpha value is -4.39. The number of pyridine rings is 1. The lowest BCUT2D eigenvalue weighted by atomic mass is 9.86. The highest BCUT2D eigenvalue weighted by Crippen LogP contribution is 2.34. The third-order valence-corrected chi connectivity index (χ3v) is 6.53. The summed E-state index contributed by atoms with van der Waals surface area (Å²) in [5, 5.41) is 19.1. The first-order valence-electron chi connectivity index (χ1n) is 12.4. The van der Waals surface area contributed by atoms with Crippen molar-refractivity contribution in [3.63, 3.8) is 0 Å². The van der Waals surface area contributed by atoms with Crippen LogP contribution in [0.15, 0.2) is 36.4 Å². The number of methoxy groups -OCH3 is 1. The molecule has 3 aromatic rings. The third kappa shape index (κ3) is 6.74. The maximum absolute atomic E-state index is 12.2. The van der Waals surface area contributed by atoms with Crippen LogP contribution in [0, 0.1) is 10.1 Å². The number of rotatable bonds is 9. The second-order valence-electron chi connectivity index (χ2n) is 8.98. The summed E-state index contributed by atoms with van der Waals surface area (Å²) >= 11 is 0. The van der Waals surface area contributed by atoms with Crippen molar-refractivity contribution in [1.29, 1.82) is 0 Å². The molecule has 206 valence electrons. The van der Waals surface area contributed by atoms with Crippen LogP contribution in [-0.2, 0) is 39.1 Å². The Morgan fingerprint density at radius 3 is 2.67 bits per heavy atom. The normalized spacial score (nSPS) is 16.9. The van der Waals surface area contributed by atoms with Gasteiger partial charge in [0, 0.05) is 31.5 Å². The summed E-state index contributed by atoms with van der Waals surface area (Å²) in [6.45, 7) is 2.40. The highest BCUT2D eigenvalue weighted by molar-refractivity contribution is 5.69. The molecule has 1 aliphatic heterocycles. The van der Waals surface area contributed by atoms with Crippen molar-refractivity contribution in [2.24, 2.45) is 7.05 Å². The molecule has 0 bridgehead atoms. The minimum Gasteiger partial charge on any atom is -0.469 e. The van der Waals surface area contributed by atoms with E-state index in [1.54, 1.807) is 7.05 Å². The van der Waals surface area contributed by atoms with E-state index in [4.69, 9.17) is 23.9 Å². The molecule has 0 aliphatic carbocycles. The second kappa shape index (κ2) is 12.4. The Kier molecular flexibility index (Phi) is 8.81. The topological polar surface area (TPSA) is 158 Å². The van der Waals surface area contributed by atoms with Crippen LogP contribution < -0.4 is 4.74 Å². The molecular formula is C26H29N5O8. The van der Waals surface area contributed by atoms with Gasteiger partial charge in [0.05, 0.1) is 30.3 Å². The fraction of sp³-hybridized carbons (Fsp3) is 0.423. The van der Waals surface area contributed by atoms with Gasteiger partial charge in [0.1, 0.15) is 23.7 Å². The van der Waals surface area contributed by atoms with Gasteiger partial charge in [0.25, 0.3) is 5.69 Å². The highest BCUT2D eigenvalue weighted by Gasteiger charge is 2.28. The molecule has 0 saturated carbocycles. The molecule has 2 atom stereocenters. The quantitative estimate of drug-likeness (QED) is 0.168. The smallest absolute Gasteiger partial charge is 0.469 e. The number of esters is 1. The van der Waals surface area contributed by atoms with Crippen LogP contribution in [0.4, 0.5) is 10.5 Å². The number of non-ortho nitro benzene ring substituents is 1. The molecule has 0 radical (unpaired) electrons. The monoisotopic (exact) mass is 539 g/mol. The predicted octanol–water partition coefficient (Wildman–Crippen LogP) is 3.89. The molecule has 1 aromatic carbocycles. The number of aromatic nitrogens is 4. The van der Waals surface area contributed by atoms with E-state index in [0.29, 0.717) is 36.5 Å². The number of carbonyl (C=O) groups is 2. The largest absolute Gasteiger partial charge is 0.514 e. The number of hydrogen-bond acceptors (Lipinski definition) is 11. The van der Waals surface area contributed by atoms with Gasteiger partial charge in [0.15, 0.2) is 0 Å². The number of aryl methyl sites for hydroxylation is 2. The molecule has 2 aromatic heterocycles. The van der Waals surface area contributed by atoms with E-state index in [2.05, 4.69) is 10.3 Å².